The lowest BCUT2D eigenvalue weighted by Crippen LogP contribution is -2.33. The van der Waals surface area contributed by atoms with E-state index < -0.39 is 0 Å². The van der Waals surface area contributed by atoms with Gasteiger partial charge < -0.3 is 14.6 Å². The van der Waals surface area contributed by atoms with E-state index in [1.165, 1.54) is 0 Å². The first-order valence-corrected chi connectivity index (χ1v) is 5.03. The van der Waals surface area contributed by atoms with E-state index in [1.54, 1.807) is 0 Å². The first kappa shape index (κ1) is 9.68. The molecule has 14 heavy (non-hydrogen) atoms. The van der Waals surface area contributed by atoms with E-state index in [0.29, 0.717) is 12.1 Å². The molecule has 2 rings (SSSR count). The largest absolute Gasteiger partial charge is 0.377 e. The maximum Gasteiger partial charge on any atom is 0.150 e. The summed E-state index contributed by atoms with van der Waals surface area (Å²) in [7, 11) is 0. The van der Waals surface area contributed by atoms with Crippen LogP contribution in [0.15, 0.2) is 10.6 Å². The molecule has 1 N–H and O–H groups in total. The second-order valence-corrected chi connectivity index (χ2v) is 3.79. The zero-order chi connectivity index (χ0) is 9.97. The van der Waals surface area contributed by atoms with Crippen LogP contribution in [-0.4, -0.2) is 23.9 Å². The standard InChI is InChI=1S/C10H16N2O2/c1-7-5-9(14-12-7)6-11-10-3-4-13-8(10)2/h5,8,10-11H,3-4,6H2,1-2H3. The molecule has 78 valence electrons. The van der Waals surface area contributed by atoms with Crippen LogP contribution in [0.25, 0.3) is 0 Å². The minimum Gasteiger partial charge on any atom is -0.377 e. The molecule has 1 saturated heterocycles. The van der Waals surface area contributed by atoms with E-state index >= 15 is 0 Å². The third-order valence-corrected chi connectivity index (χ3v) is 2.59. The Morgan fingerprint density at radius 1 is 1.64 bits per heavy atom. The molecule has 1 aromatic rings. The van der Waals surface area contributed by atoms with Gasteiger partial charge in [0.05, 0.1) is 18.3 Å². The van der Waals surface area contributed by atoms with Crippen LogP contribution in [0.5, 0.6) is 0 Å². The van der Waals surface area contributed by atoms with Crippen molar-refractivity contribution in [3.05, 3.63) is 17.5 Å². The molecular formula is C10H16N2O2. The lowest BCUT2D eigenvalue weighted by atomic mass is 10.1. The number of nitrogens with zero attached hydrogens (tertiary/aromatic N) is 1. The van der Waals surface area contributed by atoms with E-state index in [4.69, 9.17) is 9.26 Å². The summed E-state index contributed by atoms with van der Waals surface area (Å²) in [6, 6.07) is 2.40. The highest BCUT2D eigenvalue weighted by atomic mass is 16.5. The molecule has 1 aliphatic rings. The number of nitrogens with one attached hydrogen (secondary N) is 1. The van der Waals surface area contributed by atoms with Gasteiger partial charge in [-0.3, -0.25) is 0 Å². The van der Waals surface area contributed by atoms with Crippen LogP contribution in [0.2, 0.25) is 0 Å². The molecule has 0 aliphatic carbocycles. The van der Waals surface area contributed by atoms with Crippen molar-refractivity contribution >= 4 is 0 Å². The zero-order valence-corrected chi connectivity index (χ0v) is 8.62. The minimum absolute atomic E-state index is 0.305. The molecule has 0 spiro atoms. The number of rotatable bonds is 3. The van der Waals surface area contributed by atoms with Gasteiger partial charge in [0.1, 0.15) is 0 Å². The molecule has 0 radical (unpaired) electrons. The summed E-state index contributed by atoms with van der Waals surface area (Å²) in [6.07, 6.45) is 1.38. The Labute approximate surface area is 83.6 Å². The fourth-order valence-corrected chi connectivity index (χ4v) is 1.73. The van der Waals surface area contributed by atoms with Gasteiger partial charge >= 0.3 is 0 Å². The highest BCUT2D eigenvalue weighted by Crippen LogP contribution is 2.13. The second-order valence-electron chi connectivity index (χ2n) is 3.79. The predicted octanol–water partition coefficient (Wildman–Crippen LogP) is 1.25. The molecule has 0 aromatic carbocycles. The van der Waals surface area contributed by atoms with E-state index in [2.05, 4.69) is 17.4 Å². The number of hydrogen-bond donors (Lipinski definition) is 1. The van der Waals surface area contributed by atoms with Crippen LogP contribution >= 0.6 is 0 Å². The zero-order valence-electron chi connectivity index (χ0n) is 8.62. The fraction of sp³-hybridized carbons (Fsp3) is 0.700. The Hall–Kier alpha value is -0.870. The summed E-state index contributed by atoms with van der Waals surface area (Å²) in [5, 5.41) is 7.24. The normalized spacial score (nSPS) is 27.0. The van der Waals surface area contributed by atoms with Crippen molar-refractivity contribution in [1.29, 1.82) is 0 Å². The van der Waals surface area contributed by atoms with Crippen molar-refractivity contribution in [2.45, 2.75) is 39.0 Å². The molecule has 2 unspecified atom stereocenters. The SMILES string of the molecule is Cc1cc(CNC2CCOC2C)on1. The molecule has 2 heterocycles. The summed E-state index contributed by atoms with van der Waals surface area (Å²) >= 11 is 0. The predicted molar refractivity (Wildman–Crippen MR) is 51.9 cm³/mol. The van der Waals surface area contributed by atoms with E-state index in [-0.39, 0.29) is 0 Å². The van der Waals surface area contributed by atoms with Crippen molar-refractivity contribution in [3.8, 4) is 0 Å². The fourth-order valence-electron chi connectivity index (χ4n) is 1.73. The maximum atomic E-state index is 5.45. The van der Waals surface area contributed by atoms with Crippen LogP contribution in [0, 0.1) is 6.92 Å². The van der Waals surface area contributed by atoms with Gasteiger partial charge in [-0.05, 0) is 20.3 Å². The summed E-state index contributed by atoms with van der Waals surface area (Å²) < 4.78 is 10.6. The topological polar surface area (TPSA) is 47.3 Å². The van der Waals surface area contributed by atoms with Gasteiger partial charge in [0.25, 0.3) is 0 Å². The van der Waals surface area contributed by atoms with Crippen LogP contribution < -0.4 is 5.32 Å². The average molecular weight is 196 g/mol. The Morgan fingerprint density at radius 2 is 2.50 bits per heavy atom. The van der Waals surface area contributed by atoms with Crippen LogP contribution in [0.3, 0.4) is 0 Å². The number of aromatic nitrogens is 1. The van der Waals surface area contributed by atoms with Gasteiger partial charge in [-0.15, -0.1) is 0 Å². The highest BCUT2D eigenvalue weighted by Gasteiger charge is 2.23. The monoisotopic (exact) mass is 196 g/mol. The smallest absolute Gasteiger partial charge is 0.150 e. The lowest BCUT2D eigenvalue weighted by molar-refractivity contribution is 0.112. The third kappa shape index (κ3) is 2.13. The maximum absolute atomic E-state index is 5.45. The Morgan fingerprint density at radius 3 is 3.07 bits per heavy atom. The molecule has 1 fully saturated rings. The van der Waals surface area contributed by atoms with E-state index in [9.17, 15) is 0 Å². The first-order chi connectivity index (χ1) is 6.75. The Bertz CT molecular complexity index is 298. The highest BCUT2D eigenvalue weighted by molar-refractivity contribution is 5.03. The van der Waals surface area contributed by atoms with Crippen LogP contribution in [0.4, 0.5) is 0 Å². The van der Waals surface area contributed by atoms with Crippen molar-refractivity contribution in [1.82, 2.24) is 10.5 Å². The van der Waals surface area contributed by atoms with Gasteiger partial charge in [0.2, 0.25) is 0 Å². The third-order valence-electron chi connectivity index (χ3n) is 2.59. The quantitative estimate of drug-likeness (QED) is 0.790. The van der Waals surface area contributed by atoms with Crippen LogP contribution in [0.1, 0.15) is 24.8 Å². The van der Waals surface area contributed by atoms with Gasteiger partial charge in [-0.25, -0.2) is 0 Å². The van der Waals surface area contributed by atoms with E-state index in [1.807, 2.05) is 13.0 Å². The summed E-state index contributed by atoms with van der Waals surface area (Å²) in [5.74, 6) is 0.890. The van der Waals surface area contributed by atoms with Crippen molar-refractivity contribution in [3.63, 3.8) is 0 Å². The molecule has 0 bridgehead atoms. The molecule has 2 atom stereocenters. The van der Waals surface area contributed by atoms with Crippen LogP contribution in [-0.2, 0) is 11.3 Å². The molecular weight excluding hydrogens is 180 g/mol. The van der Waals surface area contributed by atoms with Gasteiger partial charge in [0.15, 0.2) is 5.76 Å². The number of hydrogen-bond acceptors (Lipinski definition) is 4. The minimum atomic E-state index is 0.305. The van der Waals surface area contributed by atoms with Crippen molar-refractivity contribution in [2.75, 3.05) is 6.61 Å². The Kier molecular flexibility index (Phi) is 2.84. The molecule has 0 saturated carbocycles. The van der Waals surface area contributed by atoms with Crippen molar-refractivity contribution < 1.29 is 9.26 Å². The number of ether oxygens (including phenoxy) is 1. The summed E-state index contributed by atoms with van der Waals surface area (Å²) in [6.45, 7) is 5.61. The molecule has 1 aliphatic heterocycles. The number of aryl methyl sites for hydroxylation is 1. The molecule has 0 amide bonds. The molecule has 4 nitrogen and oxygen atoms in total. The van der Waals surface area contributed by atoms with Gasteiger partial charge in [0, 0.05) is 18.7 Å². The van der Waals surface area contributed by atoms with E-state index in [0.717, 1.165) is 31.0 Å². The molecule has 4 heteroatoms. The molecule has 1 aromatic heterocycles. The Balaban J connectivity index is 1.82. The summed E-state index contributed by atoms with van der Waals surface area (Å²) in [5.41, 5.74) is 0.928. The lowest BCUT2D eigenvalue weighted by Gasteiger charge is -2.14. The van der Waals surface area contributed by atoms with Gasteiger partial charge in [-0.2, -0.15) is 0 Å². The second kappa shape index (κ2) is 4.11. The first-order valence-electron chi connectivity index (χ1n) is 5.03. The summed E-state index contributed by atoms with van der Waals surface area (Å²) in [4.78, 5) is 0. The van der Waals surface area contributed by atoms with Gasteiger partial charge in [-0.1, -0.05) is 5.16 Å². The van der Waals surface area contributed by atoms with Crippen molar-refractivity contribution in [2.24, 2.45) is 0 Å². The average Bonchev–Trinajstić information content (AvgIpc) is 2.72.